The van der Waals surface area contributed by atoms with E-state index in [1.807, 2.05) is 0 Å². The minimum atomic E-state index is 0.618. The van der Waals surface area contributed by atoms with E-state index in [1.54, 1.807) is 11.1 Å². The first kappa shape index (κ1) is 11.5. The van der Waals surface area contributed by atoms with E-state index in [2.05, 4.69) is 61.5 Å². The molecule has 2 aromatic rings. The first-order valence-corrected chi connectivity index (χ1v) is 6.99. The van der Waals surface area contributed by atoms with E-state index in [9.17, 15) is 0 Å². The molecule has 0 radical (unpaired) electrons. The van der Waals surface area contributed by atoms with Gasteiger partial charge in [-0.25, -0.2) is 0 Å². The molecule has 3 rings (SSSR count). The van der Waals surface area contributed by atoms with Crippen molar-refractivity contribution in [3.63, 3.8) is 0 Å². The Balaban J connectivity index is 1.94. The quantitative estimate of drug-likeness (QED) is 0.695. The van der Waals surface area contributed by atoms with E-state index >= 15 is 0 Å². The molecule has 0 amide bonds. The lowest BCUT2D eigenvalue weighted by Gasteiger charge is -2.30. The van der Waals surface area contributed by atoms with Crippen molar-refractivity contribution in [1.82, 2.24) is 0 Å². The second-order valence-electron chi connectivity index (χ2n) is 5.40. The van der Waals surface area contributed by atoms with Crippen molar-refractivity contribution in [2.75, 3.05) is 0 Å². The summed E-state index contributed by atoms with van der Waals surface area (Å²) >= 11 is 0. The van der Waals surface area contributed by atoms with Gasteiger partial charge in [-0.2, -0.15) is 0 Å². The van der Waals surface area contributed by atoms with Crippen molar-refractivity contribution in [2.45, 2.75) is 38.0 Å². The van der Waals surface area contributed by atoms with Gasteiger partial charge in [0.15, 0.2) is 0 Å². The maximum absolute atomic E-state index is 2.38. The van der Waals surface area contributed by atoms with Crippen LogP contribution in [0.15, 0.2) is 54.6 Å². The van der Waals surface area contributed by atoms with Crippen LogP contribution in [0, 0.1) is 0 Å². The lowest BCUT2D eigenvalue weighted by molar-refractivity contribution is 0.488. The molecular weight excluding hydrogens is 216 g/mol. The Bertz CT molecular complexity index is 513. The number of benzene rings is 2. The van der Waals surface area contributed by atoms with E-state index in [4.69, 9.17) is 0 Å². The maximum atomic E-state index is 2.38. The highest BCUT2D eigenvalue weighted by molar-refractivity contribution is 5.36. The summed E-state index contributed by atoms with van der Waals surface area (Å²) in [7, 11) is 0. The molecule has 2 unspecified atom stereocenters. The number of fused-ring (bicyclic) bond motifs is 1. The van der Waals surface area contributed by atoms with Gasteiger partial charge >= 0.3 is 0 Å². The Labute approximate surface area is 110 Å². The lowest BCUT2D eigenvalue weighted by Crippen LogP contribution is -2.15. The van der Waals surface area contributed by atoms with Crippen LogP contribution in [0.3, 0.4) is 0 Å². The Morgan fingerprint density at radius 2 is 1.67 bits per heavy atom. The molecule has 92 valence electrons. The Morgan fingerprint density at radius 3 is 2.50 bits per heavy atom. The fourth-order valence-corrected chi connectivity index (χ4v) is 3.30. The van der Waals surface area contributed by atoms with Crippen LogP contribution in [0.2, 0.25) is 0 Å². The molecule has 0 heterocycles. The number of hydrogen-bond donors (Lipinski definition) is 0. The van der Waals surface area contributed by atoms with Crippen molar-refractivity contribution < 1.29 is 0 Å². The SMILES string of the molecule is CC(c1ccccc1)C1CCCc2ccccc21. The fourth-order valence-electron chi connectivity index (χ4n) is 3.30. The van der Waals surface area contributed by atoms with E-state index in [0.29, 0.717) is 11.8 Å². The van der Waals surface area contributed by atoms with Gasteiger partial charge in [0, 0.05) is 0 Å². The van der Waals surface area contributed by atoms with Gasteiger partial charge in [0.2, 0.25) is 0 Å². The lowest BCUT2D eigenvalue weighted by atomic mass is 9.74. The average molecular weight is 236 g/mol. The summed E-state index contributed by atoms with van der Waals surface area (Å²) in [6.45, 7) is 2.38. The molecule has 0 bridgehead atoms. The molecule has 0 heteroatoms. The summed E-state index contributed by atoms with van der Waals surface area (Å²) in [5, 5.41) is 0. The van der Waals surface area contributed by atoms with Crippen molar-refractivity contribution in [3.05, 3.63) is 71.3 Å². The Morgan fingerprint density at radius 1 is 0.944 bits per heavy atom. The van der Waals surface area contributed by atoms with Crippen LogP contribution >= 0.6 is 0 Å². The van der Waals surface area contributed by atoms with Crippen molar-refractivity contribution in [3.8, 4) is 0 Å². The van der Waals surface area contributed by atoms with Gasteiger partial charge in [-0.3, -0.25) is 0 Å². The third-order valence-electron chi connectivity index (χ3n) is 4.34. The molecule has 18 heavy (non-hydrogen) atoms. The molecule has 1 aliphatic carbocycles. The van der Waals surface area contributed by atoms with Crippen LogP contribution in [0.1, 0.15) is 48.3 Å². The summed E-state index contributed by atoms with van der Waals surface area (Å²) in [5.41, 5.74) is 4.62. The predicted molar refractivity (Wildman–Crippen MR) is 77.0 cm³/mol. The molecule has 2 atom stereocenters. The third kappa shape index (κ3) is 2.08. The molecule has 0 aliphatic heterocycles. The average Bonchev–Trinajstić information content (AvgIpc) is 2.47. The van der Waals surface area contributed by atoms with Crippen LogP contribution in [0.25, 0.3) is 0 Å². The smallest absolute Gasteiger partial charge is 0.00929 e. The zero-order chi connectivity index (χ0) is 12.4. The van der Waals surface area contributed by atoms with Crippen molar-refractivity contribution in [1.29, 1.82) is 0 Å². The number of rotatable bonds is 2. The van der Waals surface area contributed by atoms with E-state index in [-0.39, 0.29) is 0 Å². The maximum Gasteiger partial charge on any atom is -0.00929 e. The first-order valence-electron chi connectivity index (χ1n) is 6.99. The molecule has 0 spiro atoms. The van der Waals surface area contributed by atoms with Gasteiger partial charge in [-0.05, 0) is 47.8 Å². The van der Waals surface area contributed by atoms with Gasteiger partial charge in [-0.15, -0.1) is 0 Å². The summed E-state index contributed by atoms with van der Waals surface area (Å²) in [5.74, 6) is 1.31. The van der Waals surface area contributed by atoms with Crippen LogP contribution in [0.4, 0.5) is 0 Å². The molecule has 2 aromatic carbocycles. The second-order valence-corrected chi connectivity index (χ2v) is 5.40. The van der Waals surface area contributed by atoms with Gasteiger partial charge < -0.3 is 0 Å². The van der Waals surface area contributed by atoms with Crippen molar-refractivity contribution in [2.24, 2.45) is 0 Å². The highest BCUT2D eigenvalue weighted by Gasteiger charge is 2.25. The Kier molecular flexibility index (Phi) is 3.19. The highest BCUT2D eigenvalue weighted by atomic mass is 14.3. The van der Waals surface area contributed by atoms with Crippen LogP contribution in [-0.4, -0.2) is 0 Å². The zero-order valence-electron chi connectivity index (χ0n) is 11.0. The van der Waals surface area contributed by atoms with Crippen LogP contribution in [-0.2, 0) is 6.42 Å². The first-order chi connectivity index (χ1) is 8.86. The topological polar surface area (TPSA) is 0 Å². The van der Waals surface area contributed by atoms with E-state index < -0.39 is 0 Å². The van der Waals surface area contributed by atoms with Gasteiger partial charge in [-0.1, -0.05) is 61.5 Å². The standard InChI is InChI=1S/C18H20/c1-14(15-8-3-2-4-9-15)17-13-7-11-16-10-5-6-12-18(16)17/h2-6,8-10,12,14,17H,7,11,13H2,1H3. The second kappa shape index (κ2) is 4.97. The molecule has 0 saturated heterocycles. The largest absolute Gasteiger partial charge is 0.0622 e. The molecule has 1 aliphatic rings. The summed E-state index contributed by atoms with van der Waals surface area (Å²) in [4.78, 5) is 0. The molecular formula is C18H20. The molecule has 0 aromatic heterocycles. The van der Waals surface area contributed by atoms with Gasteiger partial charge in [0.1, 0.15) is 0 Å². The van der Waals surface area contributed by atoms with E-state index in [1.165, 1.54) is 24.8 Å². The Hall–Kier alpha value is -1.56. The predicted octanol–water partition coefficient (Wildman–Crippen LogP) is 4.91. The molecule has 0 nitrogen and oxygen atoms in total. The third-order valence-corrected chi connectivity index (χ3v) is 4.34. The highest BCUT2D eigenvalue weighted by Crippen LogP contribution is 2.41. The fraction of sp³-hybridized carbons (Fsp3) is 0.333. The normalized spacial score (nSPS) is 20.2. The van der Waals surface area contributed by atoms with Gasteiger partial charge in [0.05, 0.1) is 0 Å². The monoisotopic (exact) mass is 236 g/mol. The summed E-state index contributed by atoms with van der Waals surface area (Å²) in [6.07, 6.45) is 3.92. The minimum Gasteiger partial charge on any atom is -0.0622 e. The molecule has 0 N–H and O–H groups in total. The molecule has 0 fully saturated rings. The number of aryl methyl sites for hydroxylation is 1. The van der Waals surface area contributed by atoms with Gasteiger partial charge in [0.25, 0.3) is 0 Å². The molecule has 0 saturated carbocycles. The van der Waals surface area contributed by atoms with E-state index in [0.717, 1.165) is 0 Å². The van der Waals surface area contributed by atoms with Crippen molar-refractivity contribution >= 4 is 0 Å². The van der Waals surface area contributed by atoms with Crippen LogP contribution in [0.5, 0.6) is 0 Å². The number of hydrogen-bond acceptors (Lipinski definition) is 0. The summed E-state index contributed by atoms with van der Waals surface area (Å²) < 4.78 is 0. The van der Waals surface area contributed by atoms with Crippen LogP contribution < -0.4 is 0 Å². The summed E-state index contributed by atoms with van der Waals surface area (Å²) in [6, 6.07) is 19.9. The minimum absolute atomic E-state index is 0.618. The zero-order valence-corrected chi connectivity index (χ0v) is 11.0.